The van der Waals surface area contributed by atoms with Crippen LogP contribution in [-0.4, -0.2) is 19.8 Å². The monoisotopic (exact) mass is 192 g/mol. The minimum absolute atomic E-state index is 0.0231. The lowest BCUT2D eigenvalue weighted by Gasteiger charge is -1.95. The predicted molar refractivity (Wildman–Crippen MR) is 59.3 cm³/mol. The number of aryl methyl sites for hydroxylation is 1. The van der Waals surface area contributed by atoms with Crippen LogP contribution < -0.4 is 0 Å². The summed E-state index contributed by atoms with van der Waals surface area (Å²) >= 11 is 0. The zero-order valence-corrected chi connectivity index (χ0v) is 9.07. The van der Waals surface area contributed by atoms with Gasteiger partial charge in [-0.1, -0.05) is 35.9 Å². The van der Waals surface area contributed by atoms with E-state index in [4.69, 9.17) is 9.31 Å². The molecule has 2 nitrogen and oxygen atoms in total. The van der Waals surface area contributed by atoms with Crippen LogP contribution in [-0.2, 0) is 9.31 Å². The summed E-state index contributed by atoms with van der Waals surface area (Å²) in [6.45, 7) is 6.74. The highest BCUT2D eigenvalue weighted by molar-refractivity contribution is 6.43. The molecule has 1 fully saturated rings. The number of hydrogen-bond acceptors (Lipinski definition) is 2. The summed E-state index contributed by atoms with van der Waals surface area (Å²) in [5.74, 6) is 0. The average molecular weight is 192 g/mol. The van der Waals surface area contributed by atoms with Gasteiger partial charge in [-0.05, 0) is 20.7 Å². The summed E-state index contributed by atoms with van der Waals surface area (Å²) in [6, 6.07) is 10.3. The molecule has 2 rings (SSSR count). The smallest absolute Gasteiger partial charge is 0.409 e. The Hall–Kier alpha value is -0.795. The van der Waals surface area contributed by atoms with Gasteiger partial charge in [-0.3, -0.25) is 0 Å². The SMILES string of the molecule is CB1OCC(C)O1.Cc1ccccc1. The van der Waals surface area contributed by atoms with Gasteiger partial charge in [0.2, 0.25) is 0 Å². The molecule has 1 saturated heterocycles. The molecule has 1 unspecified atom stereocenters. The van der Waals surface area contributed by atoms with Crippen LogP contribution in [0.3, 0.4) is 0 Å². The molecule has 3 heteroatoms. The number of benzene rings is 1. The van der Waals surface area contributed by atoms with E-state index in [1.54, 1.807) is 0 Å². The third-order valence-electron chi connectivity index (χ3n) is 1.93. The zero-order chi connectivity index (χ0) is 10.4. The van der Waals surface area contributed by atoms with Gasteiger partial charge < -0.3 is 9.31 Å². The lowest BCUT2D eigenvalue weighted by molar-refractivity contribution is 0.257. The Morgan fingerprint density at radius 1 is 1.29 bits per heavy atom. The molecular formula is C11H17BO2. The maximum Gasteiger partial charge on any atom is 0.453 e. The second-order valence-electron chi connectivity index (χ2n) is 3.50. The van der Waals surface area contributed by atoms with Crippen molar-refractivity contribution in [1.29, 1.82) is 0 Å². The zero-order valence-electron chi connectivity index (χ0n) is 9.07. The quantitative estimate of drug-likeness (QED) is 0.588. The summed E-state index contributed by atoms with van der Waals surface area (Å²) in [4.78, 5) is 0. The summed E-state index contributed by atoms with van der Waals surface area (Å²) in [5, 5.41) is 0. The van der Waals surface area contributed by atoms with E-state index >= 15 is 0 Å². The van der Waals surface area contributed by atoms with E-state index in [1.807, 2.05) is 31.9 Å². The summed E-state index contributed by atoms with van der Waals surface area (Å²) in [6.07, 6.45) is 0.301. The number of rotatable bonds is 0. The first-order valence-corrected chi connectivity index (χ1v) is 4.97. The Morgan fingerprint density at radius 3 is 2.14 bits per heavy atom. The van der Waals surface area contributed by atoms with Crippen molar-refractivity contribution in [2.24, 2.45) is 0 Å². The topological polar surface area (TPSA) is 18.5 Å². The van der Waals surface area contributed by atoms with Gasteiger partial charge in [0.15, 0.2) is 0 Å². The lowest BCUT2D eigenvalue weighted by Crippen LogP contribution is -2.08. The van der Waals surface area contributed by atoms with Gasteiger partial charge in [0.1, 0.15) is 0 Å². The molecule has 1 aliphatic rings. The van der Waals surface area contributed by atoms with E-state index in [1.165, 1.54) is 5.56 Å². The molecule has 0 radical (unpaired) electrons. The minimum Gasteiger partial charge on any atom is -0.409 e. The maximum absolute atomic E-state index is 5.14. The van der Waals surface area contributed by atoms with Crippen LogP contribution in [0.5, 0.6) is 0 Å². The molecule has 0 bridgehead atoms. The lowest BCUT2D eigenvalue weighted by atomic mass is 9.97. The Bertz CT molecular complexity index is 243. The van der Waals surface area contributed by atoms with Gasteiger partial charge in [0.05, 0.1) is 12.7 Å². The maximum atomic E-state index is 5.14. The molecule has 0 aromatic heterocycles. The van der Waals surface area contributed by atoms with Gasteiger partial charge in [-0.2, -0.15) is 0 Å². The minimum atomic E-state index is 0.0231. The van der Waals surface area contributed by atoms with Crippen molar-refractivity contribution < 1.29 is 9.31 Å². The third kappa shape index (κ3) is 4.44. The van der Waals surface area contributed by atoms with Crippen LogP contribution in [0.4, 0.5) is 0 Å². The molecule has 0 aliphatic carbocycles. The molecule has 0 spiro atoms. The highest BCUT2D eigenvalue weighted by Crippen LogP contribution is 2.05. The molecule has 1 aliphatic heterocycles. The van der Waals surface area contributed by atoms with E-state index in [2.05, 4.69) is 19.1 Å². The van der Waals surface area contributed by atoms with Crippen molar-refractivity contribution in [2.45, 2.75) is 26.8 Å². The van der Waals surface area contributed by atoms with Crippen LogP contribution in [0.15, 0.2) is 30.3 Å². The number of hydrogen-bond donors (Lipinski definition) is 0. The van der Waals surface area contributed by atoms with Gasteiger partial charge in [-0.15, -0.1) is 0 Å². The van der Waals surface area contributed by atoms with Crippen LogP contribution >= 0.6 is 0 Å². The van der Waals surface area contributed by atoms with Crippen molar-refractivity contribution in [1.82, 2.24) is 0 Å². The van der Waals surface area contributed by atoms with Gasteiger partial charge in [0.25, 0.3) is 0 Å². The molecular weight excluding hydrogens is 175 g/mol. The normalized spacial score (nSPS) is 20.2. The Kier molecular flexibility index (Phi) is 4.70. The summed E-state index contributed by atoms with van der Waals surface area (Å²) < 4.78 is 10.2. The second kappa shape index (κ2) is 5.84. The molecule has 1 aromatic carbocycles. The first kappa shape index (κ1) is 11.3. The Labute approximate surface area is 86.4 Å². The second-order valence-corrected chi connectivity index (χ2v) is 3.50. The first-order valence-electron chi connectivity index (χ1n) is 4.97. The molecule has 76 valence electrons. The first-order chi connectivity index (χ1) is 6.68. The molecule has 1 aromatic rings. The standard InChI is InChI=1S/C7H8.C4H9BO2/c1-7-5-3-2-4-6-7;1-4-3-6-5(2)7-4/h2-6H,1H3;4H,3H2,1-2H3. The van der Waals surface area contributed by atoms with Crippen LogP contribution in [0.25, 0.3) is 0 Å². The van der Waals surface area contributed by atoms with Crippen LogP contribution in [0.2, 0.25) is 6.82 Å². The van der Waals surface area contributed by atoms with Crippen molar-refractivity contribution in [2.75, 3.05) is 6.61 Å². The van der Waals surface area contributed by atoms with Crippen molar-refractivity contribution >= 4 is 7.12 Å². The highest BCUT2D eigenvalue weighted by Gasteiger charge is 2.22. The van der Waals surface area contributed by atoms with Crippen LogP contribution in [0, 0.1) is 6.92 Å². The van der Waals surface area contributed by atoms with E-state index in [-0.39, 0.29) is 7.12 Å². The van der Waals surface area contributed by atoms with E-state index in [0.717, 1.165) is 6.61 Å². The third-order valence-corrected chi connectivity index (χ3v) is 1.93. The van der Waals surface area contributed by atoms with Gasteiger partial charge in [-0.25, -0.2) is 0 Å². The highest BCUT2D eigenvalue weighted by atomic mass is 16.6. The molecule has 1 heterocycles. The van der Waals surface area contributed by atoms with Gasteiger partial charge in [0, 0.05) is 0 Å². The van der Waals surface area contributed by atoms with E-state index in [9.17, 15) is 0 Å². The van der Waals surface area contributed by atoms with Crippen molar-refractivity contribution in [3.05, 3.63) is 35.9 Å². The largest absolute Gasteiger partial charge is 0.453 e. The Morgan fingerprint density at radius 2 is 1.93 bits per heavy atom. The van der Waals surface area contributed by atoms with E-state index < -0.39 is 0 Å². The molecule has 0 amide bonds. The fraction of sp³-hybridized carbons (Fsp3) is 0.455. The van der Waals surface area contributed by atoms with Crippen molar-refractivity contribution in [3.8, 4) is 0 Å². The summed E-state index contributed by atoms with van der Waals surface area (Å²) in [5.41, 5.74) is 1.32. The molecule has 0 saturated carbocycles. The summed E-state index contributed by atoms with van der Waals surface area (Å²) in [7, 11) is 0.0231. The fourth-order valence-electron chi connectivity index (χ4n) is 1.21. The van der Waals surface area contributed by atoms with Gasteiger partial charge >= 0.3 is 7.12 Å². The van der Waals surface area contributed by atoms with Crippen molar-refractivity contribution in [3.63, 3.8) is 0 Å². The molecule has 1 atom stereocenters. The Balaban J connectivity index is 0.000000140. The molecule has 0 N–H and O–H groups in total. The average Bonchev–Trinajstić information content (AvgIpc) is 2.52. The van der Waals surface area contributed by atoms with E-state index in [0.29, 0.717) is 6.10 Å². The van der Waals surface area contributed by atoms with Crippen LogP contribution in [0.1, 0.15) is 12.5 Å². The molecule has 14 heavy (non-hydrogen) atoms. The predicted octanol–water partition coefficient (Wildman–Crippen LogP) is 2.53. The fourth-order valence-corrected chi connectivity index (χ4v) is 1.21.